The first-order valence-electron chi connectivity index (χ1n) is 3.74. The molecule has 2 nitrogen and oxygen atoms in total. The molecule has 2 unspecified atom stereocenters. The highest BCUT2D eigenvalue weighted by molar-refractivity contribution is 7.17. The van der Waals surface area contributed by atoms with Gasteiger partial charge in [-0.1, -0.05) is 19.1 Å². The molecule has 0 aromatic carbocycles. The maximum Gasteiger partial charge on any atom is 0.309 e. The molecule has 0 aliphatic heterocycles. The first-order chi connectivity index (χ1) is 5.16. The van der Waals surface area contributed by atoms with Gasteiger partial charge in [-0.2, -0.15) is 0 Å². The van der Waals surface area contributed by atoms with Crippen molar-refractivity contribution in [3.05, 3.63) is 12.2 Å². The Bertz CT molecular complexity index is 141. The van der Waals surface area contributed by atoms with Gasteiger partial charge >= 0.3 is 5.97 Å². The average molecular weight is 174 g/mol. The zero-order valence-corrected chi connectivity index (χ0v) is 8.19. The number of rotatable bonds is 4. The molecule has 0 aromatic rings. The molecule has 0 saturated heterocycles. The van der Waals surface area contributed by atoms with Crippen LogP contribution in [0.5, 0.6) is 0 Å². The Morgan fingerprint density at radius 1 is 1.73 bits per heavy atom. The summed E-state index contributed by atoms with van der Waals surface area (Å²) < 4.78 is 4.73. The average Bonchev–Trinajstić information content (AvgIpc) is 1.87. The van der Waals surface area contributed by atoms with Gasteiger partial charge < -0.3 is 4.74 Å². The van der Waals surface area contributed by atoms with Crippen molar-refractivity contribution in [3.63, 3.8) is 0 Å². The Morgan fingerprint density at radius 2 is 2.36 bits per heavy atom. The van der Waals surface area contributed by atoms with Crippen LogP contribution < -0.4 is 0 Å². The largest absolute Gasteiger partial charge is 0.466 e. The maximum atomic E-state index is 10.7. The van der Waals surface area contributed by atoms with Crippen molar-refractivity contribution in [3.8, 4) is 0 Å². The molecule has 2 atom stereocenters. The van der Waals surface area contributed by atoms with Gasteiger partial charge in [0, 0.05) is 0 Å². The van der Waals surface area contributed by atoms with Crippen molar-refractivity contribution in [2.24, 2.45) is 0 Å². The topological polar surface area (TPSA) is 26.3 Å². The fraction of sp³-hybridized carbons (Fsp3) is 0.625. The zero-order valence-electron chi connectivity index (χ0n) is 7.04. The van der Waals surface area contributed by atoms with Gasteiger partial charge in [0.25, 0.3) is 0 Å². The second kappa shape index (κ2) is 6.36. The Balaban J connectivity index is 3.45. The minimum absolute atomic E-state index is 0.158. The Morgan fingerprint density at radius 3 is 2.82 bits per heavy atom. The third-order valence-electron chi connectivity index (χ3n) is 1.03. The lowest BCUT2D eigenvalue weighted by Crippen LogP contribution is -2.01. The van der Waals surface area contributed by atoms with Gasteiger partial charge in [-0.15, -0.1) is 9.24 Å². The molecule has 3 heteroatoms. The summed E-state index contributed by atoms with van der Waals surface area (Å²) in [4.78, 5) is 10.7. The van der Waals surface area contributed by atoms with Crippen LogP contribution in [0.15, 0.2) is 12.2 Å². The lowest BCUT2D eigenvalue weighted by Gasteiger charge is -1.97. The van der Waals surface area contributed by atoms with E-state index < -0.39 is 0 Å². The normalized spacial score (nSPS) is 13.4. The van der Waals surface area contributed by atoms with Crippen LogP contribution in [0.1, 0.15) is 20.3 Å². The van der Waals surface area contributed by atoms with E-state index >= 15 is 0 Å². The molecule has 0 rings (SSSR count). The van der Waals surface area contributed by atoms with E-state index in [2.05, 4.69) is 9.24 Å². The maximum absolute atomic E-state index is 10.7. The van der Waals surface area contributed by atoms with Gasteiger partial charge in [0.1, 0.15) is 0 Å². The van der Waals surface area contributed by atoms with E-state index in [1.54, 1.807) is 6.92 Å². The van der Waals surface area contributed by atoms with Crippen molar-refractivity contribution in [2.45, 2.75) is 25.9 Å². The van der Waals surface area contributed by atoms with Gasteiger partial charge in [-0.3, -0.25) is 4.79 Å². The minimum atomic E-state index is -0.158. The first kappa shape index (κ1) is 10.6. The molecule has 0 N–H and O–H groups in total. The lowest BCUT2D eigenvalue weighted by atomic mass is 10.3. The van der Waals surface area contributed by atoms with Gasteiger partial charge in [-0.25, -0.2) is 0 Å². The number of carbonyl (C=O) groups is 1. The molecule has 0 radical (unpaired) electrons. The molecule has 64 valence electrons. The second-order valence-corrected chi connectivity index (χ2v) is 3.35. The molecule has 0 aliphatic carbocycles. The highest BCUT2D eigenvalue weighted by Gasteiger charge is 1.95. The molecule has 0 amide bonds. The standard InChI is InChI=1S/C8H15O2P/c1-3-10-8(9)6-4-5-7(2)11/h4-5,7H,3,6,11H2,1-2H3. The highest BCUT2D eigenvalue weighted by Crippen LogP contribution is 2.00. The number of esters is 1. The summed E-state index contributed by atoms with van der Waals surface area (Å²) in [5.74, 6) is -0.158. The molecule has 0 aliphatic rings. The molecule has 0 spiro atoms. The van der Waals surface area contributed by atoms with Crippen LogP contribution in [0.3, 0.4) is 0 Å². The van der Waals surface area contributed by atoms with Crippen LogP contribution in [0.2, 0.25) is 0 Å². The van der Waals surface area contributed by atoms with Crippen LogP contribution >= 0.6 is 9.24 Å². The molecular weight excluding hydrogens is 159 g/mol. The molecule has 0 bridgehead atoms. The summed E-state index contributed by atoms with van der Waals surface area (Å²) in [5.41, 5.74) is 0.421. The minimum Gasteiger partial charge on any atom is -0.466 e. The quantitative estimate of drug-likeness (QED) is 0.369. The molecular formula is C8H15O2P. The molecule has 0 aromatic heterocycles. The summed E-state index contributed by atoms with van der Waals surface area (Å²) >= 11 is 0. The van der Waals surface area contributed by atoms with E-state index in [9.17, 15) is 4.79 Å². The SMILES string of the molecule is CCOC(=O)CC=CC(C)P. The van der Waals surface area contributed by atoms with Gasteiger partial charge in [0.2, 0.25) is 0 Å². The first-order valence-corrected chi connectivity index (χ1v) is 4.41. The van der Waals surface area contributed by atoms with Crippen molar-refractivity contribution in [2.75, 3.05) is 6.61 Å². The van der Waals surface area contributed by atoms with E-state index in [0.717, 1.165) is 0 Å². The number of carbonyl (C=O) groups excluding carboxylic acids is 1. The summed E-state index contributed by atoms with van der Waals surface area (Å²) in [5, 5.41) is 0. The third-order valence-corrected chi connectivity index (χ3v) is 1.25. The van der Waals surface area contributed by atoms with Crippen molar-refractivity contribution in [1.29, 1.82) is 0 Å². The van der Waals surface area contributed by atoms with Crippen LogP contribution in [0.4, 0.5) is 0 Å². The second-order valence-electron chi connectivity index (χ2n) is 2.30. The number of hydrogen-bond donors (Lipinski definition) is 0. The molecule has 11 heavy (non-hydrogen) atoms. The third kappa shape index (κ3) is 7.54. The van der Waals surface area contributed by atoms with Crippen molar-refractivity contribution in [1.82, 2.24) is 0 Å². The number of hydrogen-bond acceptors (Lipinski definition) is 2. The summed E-state index contributed by atoms with van der Waals surface area (Å²) in [6.45, 7) is 4.30. The number of ether oxygens (including phenoxy) is 1. The van der Waals surface area contributed by atoms with E-state index in [1.165, 1.54) is 0 Å². The lowest BCUT2D eigenvalue weighted by molar-refractivity contribution is -0.142. The smallest absolute Gasteiger partial charge is 0.309 e. The summed E-state index contributed by atoms with van der Waals surface area (Å²) in [6, 6.07) is 0. The fourth-order valence-corrected chi connectivity index (χ4v) is 0.756. The van der Waals surface area contributed by atoms with Gasteiger partial charge in [-0.05, 0) is 12.6 Å². The van der Waals surface area contributed by atoms with Crippen molar-refractivity contribution < 1.29 is 9.53 Å². The number of allylic oxidation sites excluding steroid dienone is 1. The predicted molar refractivity (Wildman–Crippen MR) is 49.6 cm³/mol. The Hall–Kier alpha value is -0.360. The van der Waals surface area contributed by atoms with Crippen LogP contribution in [-0.4, -0.2) is 18.2 Å². The Labute approximate surface area is 70.2 Å². The van der Waals surface area contributed by atoms with E-state index in [1.807, 2.05) is 19.1 Å². The molecule has 0 fully saturated rings. The van der Waals surface area contributed by atoms with E-state index in [-0.39, 0.29) is 5.97 Å². The van der Waals surface area contributed by atoms with Gasteiger partial charge in [0.15, 0.2) is 0 Å². The monoisotopic (exact) mass is 174 g/mol. The summed E-state index contributed by atoms with van der Waals surface area (Å²) in [7, 11) is 2.63. The molecule has 0 saturated carbocycles. The van der Waals surface area contributed by atoms with E-state index in [0.29, 0.717) is 18.7 Å². The highest BCUT2D eigenvalue weighted by atomic mass is 31.0. The Kier molecular flexibility index (Phi) is 6.15. The van der Waals surface area contributed by atoms with Crippen molar-refractivity contribution >= 4 is 15.2 Å². The predicted octanol–water partition coefficient (Wildman–Crippen LogP) is 1.76. The van der Waals surface area contributed by atoms with Crippen LogP contribution in [0, 0.1) is 0 Å². The fourth-order valence-electron chi connectivity index (χ4n) is 0.599. The van der Waals surface area contributed by atoms with Crippen LogP contribution in [0.25, 0.3) is 0 Å². The zero-order chi connectivity index (χ0) is 8.69. The van der Waals surface area contributed by atoms with Gasteiger partial charge in [0.05, 0.1) is 13.0 Å². The summed E-state index contributed by atoms with van der Waals surface area (Å²) in [6.07, 6.45) is 4.17. The molecule has 0 heterocycles. The van der Waals surface area contributed by atoms with Crippen LogP contribution in [-0.2, 0) is 9.53 Å². The van der Waals surface area contributed by atoms with E-state index in [4.69, 9.17) is 4.74 Å².